The van der Waals surface area contributed by atoms with Gasteiger partial charge in [-0.1, -0.05) is 0 Å². The van der Waals surface area contributed by atoms with Gasteiger partial charge in [-0.25, -0.2) is 0 Å². The molecule has 2 heterocycles. The number of amides is 1. The summed E-state index contributed by atoms with van der Waals surface area (Å²) < 4.78 is 6.15. The van der Waals surface area contributed by atoms with Crippen molar-refractivity contribution in [3.63, 3.8) is 0 Å². The molecular formula is C11H12IN3O2. The minimum Gasteiger partial charge on any atom is -0.466 e. The summed E-state index contributed by atoms with van der Waals surface area (Å²) in [5, 5.41) is 9.34. The lowest BCUT2D eigenvalue weighted by Crippen LogP contribution is -2.25. The number of nitrogens with one attached hydrogen (secondary N) is 2. The lowest BCUT2D eigenvalue weighted by atomic mass is 10.3. The second-order valence-corrected chi connectivity index (χ2v) is 4.69. The molecule has 0 saturated carbocycles. The number of hydrogen-bond donors (Lipinski definition) is 2. The Bertz CT molecular complexity index is 518. The van der Waals surface area contributed by atoms with E-state index in [4.69, 9.17) is 4.42 Å². The Labute approximate surface area is 112 Å². The van der Waals surface area contributed by atoms with Crippen LogP contribution < -0.4 is 5.32 Å². The Morgan fingerprint density at radius 1 is 1.59 bits per heavy atom. The number of aromatic nitrogens is 2. The quantitative estimate of drug-likeness (QED) is 0.832. The summed E-state index contributed by atoms with van der Waals surface area (Å²) in [6.45, 7) is 2.45. The zero-order valence-corrected chi connectivity index (χ0v) is 11.4. The van der Waals surface area contributed by atoms with Gasteiger partial charge in [-0.05, 0) is 41.6 Å². The Kier molecular flexibility index (Phi) is 3.82. The van der Waals surface area contributed by atoms with Crippen LogP contribution in [0, 0.1) is 10.6 Å². The predicted molar refractivity (Wildman–Crippen MR) is 70.8 cm³/mol. The first-order chi connectivity index (χ1) is 8.16. The van der Waals surface area contributed by atoms with Crippen LogP contribution in [0.4, 0.5) is 0 Å². The fourth-order valence-electron chi connectivity index (χ4n) is 1.44. The molecule has 0 radical (unpaired) electrons. The van der Waals surface area contributed by atoms with Gasteiger partial charge in [0.05, 0.1) is 11.8 Å². The van der Waals surface area contributed by atoms with E-state index in [1.807, 2.05) is 41.6 Å². The largest absolute Gasteiger partial charge is 0.466 e. The van der Waals surface area contributed by atoms with E-state index in [2.05, 4.69) is 15.5 Å². The Balaban J connectivity index is 1.83. The van der Waals surface area contributed by atoms with Crippen LogP contribution in [-0.2, 0) is 6.42 Å². The van der Waals surface area contributed by atoms with Crippen molar-refractivity contribution in [3.05, 3.63) is 39.1 Å². The molecule has 1 amide bonds. The van der Waals surface area contributed by atoms with Gasteiger partial charge < -0.3 is 9.73 Å². The second-order valence-electron chi connectivity index (χ2n) is 3.62. The van der Waals surface area contributed by atoms with Gasteiger partial charge in [-0.3, -0.25) is 9.89 Å². The van der Waals surface area contributed by atoms with E-state index in [-0.39, 0.29) is 5.91 Å². The summed E-state index contributed by atoms with van der Waals surface area (Å²) in [7, 11) is 0. The highest BCUT2D eigenvalue weighted by atomic mass is 127. The minimum absolute atomic E-state index is 0.119. The third-order valence-electron chi connectivity index (χ3n) is 2.29. The lowest BCUT2D eigenvalue weighted by Gasteiger charge is -2.02. The topological polar surface area (TPSA) is 70.9 Å². The van der Waals surface area contributed by atoms with Crippen LogP contribution in [0.15, 0.2) is 22.7 Å². The van der Waals surface area contributed by atoms with Gasteiger partial charge in [0.25, 0.3) is 5.91 Å². The van der Waals surface area contributed by atoms with E-state index < -0.39 is 0 Å². The molecule has 5 nitrogen and oxygen atoms in total. The molecule has 0 atom stereocenters. The van der Waals surface area contributed by atoms with E-state index in [1.54, 1.807) is 0 Å². The van der Waals surface area contributed by atoms with Gasteiger partial charge in [-0.2, -0.15) is 5.10 Å². The first kappa shape index (κ1) is 12.2. The highest BCUT2D eigenvalue weighted by Gasteiger charge is 2.11. The summed E-state index contributed by atoms with van der Waals surface area (Å²) in [5.41, 5.74) is 0.571. The highest BCUT2D eigenvalue weighted by molar-refractivity contribution is 14.1. The van der Waals surface area contributed by atoms with Gasteiger partial charge in [0.2, 0.25) is 0 Å². The molecule has 0 fully saturated rings. The molecule has 0 aliphatic rings. The number of carbonyl (C=O) groups is 1. The van der Waals surface area contributed by atoms with Crippen LogP contribution >= 0.6 is 22.6 Å². The fraction of sp³-hybridized carbons (Fsp3) is 0.273. The van der Waals surface area contributed by atoms with Crippen molar-refractivity contribution in [1.82, 2.24) is 15.5 Å². The zero-order chi connectivity index (χ0) is 12.3. The van der Waals surface area contributed by atoms with Crippen molar-refractivity contribution < 1.29 is 9.21 Å². The van der Waals surface area contributed by atoms with Crippen molar-refractivity contribution in [2.45, 2.75) is 13.3 Å². The maximum absolute atomic E-state index is 11.7. The number of halogens is 1. The highest BCUT2D eigenvalue weighted by Crippen LogP contribution is 2.08. The van der Waals surface area contributed by atoms with Gasteiger partial charge in [0, 0.05) is 13.0 Å². The number of furan rings is 1. The normalized spacial score (nSPS) is 10.5. The standard InChI is InChI=1S/C11H12IN3O2/c1-7-2-3-8(17-7)4-5-13-11(16)9-6-14-15-10(9)12/h2-3,6H,4-5H2,1H3,(H,13,16)(H,14,15). The van der Waals surface area contributed by atoms with Crippen LogP contribution in [0.2, 0.25) is 0 Å². The van der Waals surface area contributed by atoms with Crippen LogP contribution in [0.5, 0.6) is 0 Å². The number of hydrogen-bond acceptors (Lipinski definition) is 3. The Hall–Kier alpha value is -1.31. The number of carbonyl (C=O) groups excluding carboxylic acids is 1. The molecule has 0 aliphatic heterocycles. The third-order valence-corrected chi connectivity index (χ3v) is 3.11. The van der Waals surface area contributed by atoms with Crippen molar-refractivity contribution in [2.24, 2.45) is 0 Å². The number of rotatable bonds is 4. The average Bonchev–Trinajstić information content (AvgIpc) is 2.87. The van der Waals surface area contributed by atoms with E-state index in [0.29, 0.717) is 18.5 Å². The van der Waals surface area contributed by atoms with Gasteiger partial charge in [-0.15, -0.1) is 0 Å². The molecule has 2 aromatic heterocycles. The number of nitrogens with zero attached hydrogens (tertiary/aromatic N) is 1. The molecule has 0 bridgehead atoms. The minimum atomic E-state index is -0.119. The van der Waals surface area contributed by atoms with Crippen molar-refractivity contribution >= 4 is 28.5 Å². The summed E-state index contributed by atoms with van der Waals surface area (Å²) in [6, 6.07) is 3.83. The molecule has 6 heteroatoms. The molecule has 2 rings (SSSR count). The number of H-pyrrole nitrogens is 1. The van der Waals surface area contributed by atoms with Crippen LogP contribution in [-0.4, -0.2) is 22.6 Å². The summed E-state index contributed by atoms with van der Waals surface area (Å²) in [6.07, 6.45) is 2.21. The summed E-state index contributed by atoms with van der Waals surface area (Å²) in [5.74, 6) is 1.65. The number of aromatic amines is 1. The Morgan fingerprint density at radius 2 is 2.41 bits per heavy atom. The molecule has 17 heavy (non-hydrogen) atoms. The van der Waals surface area contributed by atoms with E-state index >= 15 is 0 Å². The SMILES string of the molecule is Cc1ccc(CCNC(=O)c2cn[nH]c2I)o1. The maximum Gasteiger partial charge on any atom is 0.255 e. The molecular weight excluding hydrogens is 333 g/mol. The zero-order valence-electron chi connectivity index (χ0n) is 9.29. The predicted octanol–water partition coefficient (Wildman–Crippen LogP) is 1.89. The molecule has 0 aromatic carbocycles. The van der Waals surface area contributed by atoms with Crippen LogP contribution in [0.3, 0.4) is 0 Å². The second kappa shape index (κ2) is 5.35. The molecule has 90 valence electrons. The van der Waals surface area contributed by atoms with Crippen molar-refractivity contribution in [3.8, 4) is 0 Å². The fourth-order valence-corrected chi connectivity index (χ4v) is 1.97. The smallest absolute Gasteiger partial charge is 0.255 e. The third kappa shape index (κ3) is 3.09. The summed E-state index contributed by atoms with van der Waals surface area (Å²) in [4.78, 5) is 11.7. The molecule has 0 saturated heterocycles. The van der Waals surface area contributed by atoms with E-state index in [9.17, 15) is 4.79 Å². The monoisotopic (exact) mass is 345 g/mol. The molecule has 2 N–H and O–H groups in total. The van der Waals surface area contributed by atoms with E-state index in [1.165, 1.54) is 6.20 Å². The van der Waals surface area contributed by atoms with Crippen LogP contribution in [0.25, 0.3) is 0 Å². The first-order valence-electron chi connectivity index (χ1n) is 5.19. The average molecular weight is 345 g/mol. The van der Waals surface area contributed by atoms with Gasteiger partial charge in [0.1, 0.15) is 15.2 Å². The first-order valence-corrected chi connectivity index (χ1v) is 6.27. The van der Waals surface area contributed by atoms with E-state index in [0.717, 1.165) is 15.2 Å². The maximum atomic E-state index is 11.7. The molecule has 2 aromatic rings. The van der Waals surface area contributed by atoms with Crippen molar-refractivity contribution in [1.29, 1.82) is 0 Å². The number of aryl methyl sites for hydroxylation is 1. The van der Waals surface area contributed by atoms with Crippen LogP contribution in [0.1, 0.15) is 21.9 Å². The molecule has 0 aliphatic carbocycles. The van der Waals surface area contributed by atoms with Crippen molar-refractivity contribution in [2.75, 3.05) is 6.54 Å². The Morgan fingerprint density at radius 3 is 3.00 bits per heavy atom. The van der Waals surface area contributed by atoms with Gasteiger partial charge >= 0.3 is 0 Å². The molecule has 0 unspecified atom stereocenters. The van der Waals surface area contributed by atoms with Gasteiger partial charge in [0.15, 0.2) is 0 Å². The lowest BCUT2D eigenvalue weighted by molar-refractivity contribution is 0.0953. The summed E-state index contributed by atoms with van der Waals surface area (Å²) >= 11 is 2.04. The molecule has 0 spiro atoms.